The molecule has 5 rings (SSSR count). The molecule has 4 heterocycles. The topological polar surface area (TPSA) is 85.0 Å². The maximum absolute atomic E-state index is 12.9. The lowest BCUT2D eigenvalue weighted by atomic mass is 10.3. The number of hydrogen-bond acceptors (Lipinski definition) is 6. The Morgan fingerprint density at radius 3 is 2.47 bits per heavy atom. The Balaban J connectivity index is 1.27. The number of hydrogen-bond donors (Lipinski definition) is 0. The van der Waals surface area contributed by atoms with Gasteiger partial charge in [0.05, 0.1) is 23.1 Å². The number of imidazole rings is 1. The molecule has 1 saturated heterocycles. The lowest BCUT2D eigenvalue weighted by Gasteiger charge is -2.35. The van der Waals surface area contributed by atoms with Crippen molar-refractivity contribution in [2.45, 2.75) is 27.3 Å². The van der Waals surface area contributed by atoms with Crippen molar-refractivity contribution in [3.63, 3.8) is 0 Å². The van der Waals surface area contributed by atoms with Crippen LogP contribution in [0.25, 0.3) is 16.9 Å². The number of para-hydroxylation sites is 2. The molecule has 0 radical (unpaired) electrons. The fraction of sp³-hybridized carbons (Fsp3) is 0.348. The first-order chi connectivity index (χ1) is 15.5. The van der Waals surface area contributed by atoms with E-state index in [-0.39, 0.29) is 5.91 Å². The normalized spacial score (nSPS) is 14.3. The first kappa shape index (κ1) is 20.2. The standard InChI is InChI=1S/C23H26N8O/c1-16-12-17(2)31(27-16)22-13-21(25-18(3)26-22)28-8-10-29(11-9-28)23(32)14-30-15-24-19-6-4-5-7-20(19)30/h4-7,12-13,15H,8-11,14H2,1-3H3. The van der Waals surface area contributed by atoms with Gasteiger partial charge in [-0.2, -0.15) is 5.10 Å². The molecule has 0 bridgehead atoms. The minimum Gasteiger partial charge on any atom is -0.353 e. The molecule has 1 aliphatic rings. The smallest absolute Gasteiger partial charge is 0.242 e. The minimum absolute atomic E-state index is 0.106. The fourth-order valence-electron chi connectivity index (χ4n) is 4.23. The predicted molar refractivity (Wildman–Crippen MR) is 122 cm³/mol. The molecule has 0 N–H and O–H groups in total. The maximum Gasteiger partial charge on any atom is 0.242 e. The van der Waals surface area contributed by atoms with Crippen LogP contribution in [-0.2, 0) is 11.3 Å². The molecule has 0 unspecified atom stereocenters. The Morgan fingerprint density at radius 1 is 0.969 bits per heavy atom. The third-order valence-corrected chi connectivity index (χ3v) is 5.83. The van der Waals surface area contributed by atoms with Gasteiger partial charge in [0, 0.05) is 37.9 Å². The molecule has 9 heteroatoms. The minimum atomic E-state index is 0.106. The van der Waals surface area contributed by atoms with Crippen LogP contribution in [0.2, 0.25) is 0 Å². The van der Waals surface area contributed by atoms with Gasteiger partial charge in [0.25, 0.3) is 0 Å². The molecular formula is C23H26N8O. The first-order valence-electron chi connectivity index (χ1n) is 10.8. The van der Waals surface area contributed by atoms with Gasteiger partial charge in [0.2, 0.25) is 5.91 Å². The van der Waals surface area contributed by atoms with Gasteiger partial charge < -0.3 is 14.4 Å². The number of aromatic nitrogens is 6. The highest BCUT2D eigenvalue weighted by atomic mass is 16.2. The predicted octanol–water partition coefficient (Wildman–Crippen LogP) is 2.29. The second kappa shape index (κ2) is 8.07. The van der Waals surface area contributed by atoms with Crippen molar-refractivity contribution >= 4 is 22.8 Å². The zero-order valence-corrected chi connectivity index (χ0v) is 18.6. The Labute approximate surface area is 186 Å². The number of nitrogens with zero attached hydrogens (tertiary/aromatic N) is 8. The van der Waals surface area contributed by atoms with Crippen LogP contribution in [0.1, 0.15) is 17.2 Å². The molecule has 0 saturated carbocycles. The molecule has 4 aromatic rings. The SMILES string of the molecule is Cc1cc(C)n(-c2cc(N3CCN(C(=O)Cn4cnc5ccccc54)CC3)nc(C)n2)n1. The third-order valence-electron chi connectivity index (χ3n) is 5.83. The van der Waals surface area contributed by atoms with E-state index >= 15 is 0 Å². The zero-order valence-electron chi connectivity index (χ0n) is 18.6. The van der Waals surface area contributed by atoms with E-state index in [1.165, 1.54) is 0 Å². The lowest BCUT2D eigenvalue weighted by molar-refractivity contribution is -0.132. The highest BCUT2D eigenvalue weighted by molar-refractivity contribution is 5.80. The van der Waals surface area contributed by atoms with Crippen LogP contribution in [0.3, 0.4) is 0 Å². The van der Waals surface area contributed by atoms with E-state index in [1.807, 2.05) is 71.3 Å². The zero-order chi connectivity index (χ0) is 22.2. The van der Waals surface area contributed by atoms with E-state index < -0.39 is 0 Å². The number of rotatable bonds is 4. The molecule has 164 valence electrons. The summed E-state index contributed by atoms with van der Waals surface area (Å²) >= 11 is 0. The third kappa shape index (κ3) is 3.81. The van der Waals surface area contributed by atoms with Gasteiger partial charge >= 0.3 is 0 Å². The van der Waals surface area contributed by atoms with Crippen LogP contribution in [0.15, 0.2) is 42.7 Å². The summed E-state index contributed by atoms with van der Waals surface area (Å²) in [6.45, 7) is 8.95. The highest BCUT2D eigenvalue weighted by Crippen LogP contribution is 2.19. The van der Waals surface area contributed by atoms with Crippen LogP contribution in [0.4, 0.5) is 5.82 Å². The van der Waals surface area contributed by atoms with Gasteiger partial charge in [0.15, 0.2) is 5.82 Å². The van der Waals surface area contributed by atoms with Crippen LogP contribution in [0.5, 0.6) is 0 Å². The van der Waals surface area contributed by atoms with E-state index in [9.17, 15) is 4.79 Å². The first-order valence-corrected chi connectivity index (χ1v) is 10.8. The molecule has 1 aromatic carbocycles. The van der Waals surface area contributed by atoms with E-state index in [2.05, 4.69) is 25.0 Å². The average Bonchev–Trinajstić information content (AvgIpc) is 3.35. The van der Waals surface area contributed by atoms with Crippen molar-refractivity contribution in [2.24, 2.45) is 0 Å². The number of benzene rings is 1. The molecule has 1 aliphatic heterocycles. The number of carbonyl (C=O) groups is 1. The number of piperazine rings is 1. The largest absolute Gasteiger partial charge is 0.353 e. The molecule has 9 nitrogen and oxygen atoms in total. The Hall–Kier alpha value is -3.75. The number of amides is 1. The Bertz CT molecular complexity index is 1280. The number of anilines is 1. The molecule has 32 heavy (non-hydrogen) atoms. The number of carbonyl (C=O) groups excluding carboxylic acids is 1. The van der Waals surface area contributed by atoms with Crippen molar-refractivity contribution < 1.29 is 4.79 Å². The maximum atomic E-state index is 12.9. The van der Waals surface area contributed by atoms with Crippen molar-refractivity contribution in [1.82, 2.24) is 34.2 Å². The van der Waals surface area contributed by atoms with Gasteiger partial charge in [-0.1, -0.05) is 12.1 Å². The molecule has 1 amide bonds. The van der Waals surface area contributed by atoms with E-state index in [0.29, 0.717) is 25.5 Å². The van der Waals surface area contributed by atoms with Crippen LogP contribution in [0, 0.1) is 20.8 Å². The fourth-order valence-corrected chi connectivity index (χ4v) is 4.23. The average molecular weight is 431 g/mol. The van der Waals surface area contributed by atoms with Gasteiger partial charge in [-0.05, 0) is 39.0 Å². The van der Waals surface area contributed by atoms with Crippen LogP contribution in [-0.4, -0.2) is 66.3 Å². The van der Waals surface area contributed by atoms with Crippen molar-refractivity contribution in [2.75, 3.05) is 31.1 Å². The summed E-state index contributed by atoms with van der Waals surface area (Å²) < 4.78 is 3.77. The quantitative estimate of drug-likeness (QED) is 0.494. The molecule has 1 fully saturated rings. The summed E-state index contributed by atoms with van der Waals surface area (Å²) in [6, 6.07) is 11.9. The molecule has 3 aromatic heterocycles. The highest BCUT2D eigenvalue weighted by Gasteiger charge is 2.23. The summed E-state index contributed by atoms with van der Waals surface area (Å²) in [6.07, 6.45) is 1.74. The Morgan fingerprint density at radius 2 is 1.72 bits per heavy atom. The Kier molecular flexibility index (Phi) is 5.08. The molecule has 0 aliphatic carbocycles. The summed E-state index contributed by atoms with van der Waals surface area (Å²) in [5.41, 5.74) is 3.88. The summed E-state index contributed by atoms with van der Waals surface area (Å²) in [5.74, 6) is 2.45. The van der Waals surface area contributed by atoms with Crippen LogP contribution < -0.4 is 4.90 Å². The number of fused-ring (bicyclic) bond motifs is 1. The van der Waals surface area contributed by atoms with Crippen LogP contribution >= 0.6 is 0 Å². The monoisotopic (exact) mass is 430 g/mol. The molecule has 0 atom stereocenters. The second-order valence-electron chi connectivity index (χ2n) is 8.20. The summed E-state index contributed by atoms with van der Waals surface area (Å²) in [4.78, 5) is 30.6. The van der Waals surface area contributed by atoms with Gasteiger partial charge in [0.1, 0.15) is 18.2 Å². The van der Waals surface area contributed by atoms with Crippen molar-refractivity contribution in [3.05, 3.63) is 59.9 Å². The summed E-state index contributed by atoms with van der Waals surface area (Å²) in [7, 11) is 0. The van der Waals surface area contributed by atoms with Crippen molar-refractivity contribution in [3.8, 4) is 5.82 Å². The van der Waals surface area contributed by atoms with Gasteiger partial charge in [-0.15, -0.1) is 0 Å². The van der Waals surface area contributed by atoms with E-state index in [1.54, 1.807) is 6.33 Å². The van der Waals surface area contributed by atoms with Crippen molar-refractivity contribution in [1.29, 1.82) is 0 Å². The molecular weight excluding hydrogens is 404 g/mol. The van der Waals surface area contributed by atoms with Gasteiger partial charge in [-0.25, -0.2) is 19.6 Å². The van der Waals surface area contributed by atoms with Gasteiger partial charge in [-0.3, -0.25) is 4.79 Å². The lowest BCUT2D eigenvalue weighted by Crippen LogP contribution is -2.49. The van der Waals surface area contributed by atoms with E-state index in [0.717, 1.165) is 47.1 Å². The molecule has 0 spiro atoms. The number of aryl methyl sites for hydroxylation is 3. The van der Waals surface area contributed by atoms with E-state index in [4.69, 9.17) is 0 Å². The summed E-state index contributed by atoms with van der Waals surface area (Å²) in [5, 5.41) is 4.55. The second-order valence-corrected chi connectivity index (χ2v) is 8.20.